The molecule has 6 heteroatoms. The first-order valence-electron chi connectivity index (χ1n) is 7.47. The highest BCUT2D eigenvalue weighted by Gasteiger charge is 2.16. The molecule has 1 amide bonds. The number of hydrogen-bond acceptors (Lipinski definition) is 3. The number of aryl methyl sites for hydroxylation is 1. The first-order valence-corrected chi connectivity index (χ1v) is 7.47. The predicted molar refractivity (Wildman–Crippen MR) is 95.7 cm³/mol. The molecule has 2 rings (SSSR count). The van der Waals surface area contributed by atoms with Crippen molar-refractivity contribution in [3.8, 4) is 0 Å². The highest BCUT2D eigenvalue weighted by Crippen LogP contribution is 2.19. The second kappa shape index (κ2) is 8.66. The average Bonchev–Trinajstić information content (AvgIpc) is 2.50. The normalized spacial score (nSPS) is 12.8. The second-order valence-corrected chi connectivity index (χ2v) is 5.75. The molecule has 2 unspecified atom stereocenters. The molecule has 0 aliphatic heterocycles. The molecule has 24 heavy (non-hydrogen) atoms. The molecule has 130 valence electrons. The number of hydrogen-bond donors (Lipinski definition) is 3. The minimum atomic E-state index is -0.771. The van der Waals surface area contributed by atoms with Gasteiger partial charge in [0.1, 0.15) is 5.82 Å². The Hall–Kier alpha value is -2.11. The molecule has 0 aliphatic carbocycles. The topological polar surface area (TPSA) is 75.4 Å². The van der Waals surface area contributed by atoms with Gasteiger partial charge in [-0.3, -0.25) is 4.79 Å². The van der Waals surface area contributed by atoms with Crippen molar-refractivity contribution in [1.29, 1.82) is 0 Å². The lowest BCUT2D eigenvalue weighted by Gasteiger charge is -2.19. The number of nitrogens with two attached hydrogens (primary N) is 1. The number of halogens is 2. The maximum Gasteiger partial charge on any atom is 0.251 e. The summed E-state index contributed by atoms with van der Waals surface area (Å²) in [5, 5.41) is 13.0. The zero-order valence-electron chi connectivity index (χ0n) is 13.6. The first-order chi connectivity index (χ1) is 10.9. The number of rotatable bonds is 5. The van der Waals surface area contributed by atoms with Crippen molar-refractivity contribution in [3.05, 3.63) is 65.0 Å². The van der Waals surface area contributed by atoms with Crippen molar-refractivity contribution in [2.24, 2.45) is 0 Å². The number of nitrogen functional groups attached to an aromatic ring is 1. The van der Waals surface area contributed by atoms with Crippen LogP contribution in [0.25, 0.3) is 0 Å². The summed E-state index contributed by atoms with van der Waals surface area (Å²) in [6, 6.07) is 10.6. The van der Waals surface area contributed by atoms with Crippen LogP contribution in [-0.2, 0) is 0 Å². The van der Waals surface area contributed by atoms with Crippen LogP contribution in [0.1, 0.15) is 40.9 Å². The van der Waals surface area contributed by atoms with Crippen molar-refractivity contribution in [2.75, 3.05) is 5.73 Å². The van der Waals surface area contributed by atoms with E-state index in [2.05, 4.69) is 5.32 Å². The van der Waals surface area contributed by atoms with Crippen LogP contribution in [0.5, 0.6) is 0 Å². The van der Waals surface area contributed by atoms with E-state index >= 15 is 0 Å². The van der Waals surface area contributed by atoms with Gasteiger partial charge in [0.05, 0.1) is 6.10 Å². The molecule has 0 fully saturated rings. The van der Waals surface area contributed by atoms with Crippen LogP contribution in [0.3, 0.4) is 0 Å². The summed E-state index contributed by atoms with van der Waals surface area (Å²) in [6.45, 7) is 3.65. The summed E-state index contributed by atoms with van der Waals surface area (Å²) in [5.74, 6) is -0.576. The van der Waals surface area contributed by atoms with E-state index in [0.29, 0.717) is 23.2 Å². The van der Waals surface area contributed by atoms with E-state index < -0.39 is 6.10 Å². The Morgan fingerprint density at radius 3 is 2.50 bits per heavy atom. The lowest BCUT2D eigenvalue weighted by atomic mass is 10.0. The fourth-order valence-corrected chi connectivity index (χ4v) is 2.40. The summed E-state index contributed by atoms with van der Waals surface area (Å²) >= 11 is 0. The summed E-state index contributed by atoms with van der Waals surface area (Å²) in [4.78, 5) is 12.3. The third-order valence-corrected chi connectivity index (χ3v) is 3.72. The number of anilines is 1. The van der Waals surface area contributed by atoms with Crippen LogP contribution < -0.4 is 11.1 Å². The number of carbonyl (C=O) groups excluding carboxylic acids is 1. The zero-order chi connectivity index (χ0) is 17.0. The molecule has 2 aromatic carbocycles. The Morgan fingerprint density at radius 1 is 1.25 bits per heavy atom. The SMILES string of the molecule is Cc1ccc(N)cc1C(=O)NC(C)CC(O)c1ccc(F)cc1.Cl. The Kier molecular flexibility index (Phi) is 7.19. The quantitative estimate of drug-likeness (QED) is 0.722. The maximum absolute atomic E-state index is 12.9. The summed E-state index contributed by atoms with van der Waals surface area (Å²) in [6.07, 6.45) is -0.438. The molecule has 4 nitrogen and oxygen atoms in total. The van der Waals surface area contributed by atoms with Gasteiger partial charge in [-0.1, -0.05) is 18.2 Å². The predicted octanol–water partition coefficient (Wildman–Crippen LogP) is 3.38. The molecule has 0 spiro atoms. The molecule has 0 radical (unpaired) electrons. The average molecular weight is 353 g/mol. The van der Waals surface area contributed by atoms with E-state index in [0.717, 1.165) is 5.56 Å². The van der Waals surface area contributed by atoms with Gasteiger partial charge in [0.15, 0.2) is 0 Å². The Morgan fingerprint density at radius 2 is 1.88 bits per heavy atom. The standard InChI is InChI=1S/C18H21FN2O2.ClH/c1-11-3-8-15(20)10-16(11)18(23)21-12(2)9-17(22)13-4-6-14(19)7-5-13;/h3-8,10,12,17,22H,9,20H2,1-2H3,(H,21,23);1H. The fraction of sp³-hybridized carbons (Fsp3) is 0.278. The molecule has 0 aliphatic rings. The number of aliphatic hydroxyl groups excluding tert-OH is 1. The molecule has 0 saturated heterocycles. The number of carbonyl (C=O) groups is 1. The Balaban J connectivity index is 0.00000288. The van der Waals surface area contributed by atoms with E-state index in [1.54, 1.807) is 18.2 Å². The number of aliphatic hydroxyl groups is 1. The third kappa shape index (κ3) is 5.22. The van der Waals surface area contributed by atoms with Crippen LogP contribution in [0.2, 0.25) is 0 Å². The molecule has 2 atom stereocenters. The molecule has 0 saturated carbocycles. The van der Waals surface area contributed by atoms with Crippen LogP contribution in [-0.4, -0.2) is 17.1 Å². The van der Waals surface area contributed by atoms with Crippen LogP contribution in [0, 0.1) is 12.7 Å². The monoisotopic (exact) mass is 352 g/mol. The van der Waals surface area contributed by atoms with Crippen molar-refractivity contribution in [2.45, 2.75) is 32.4 Å². The molecule has 4 N–H and O–H groups in total. The van der Waals surface area contributed by atoms with E-state index in [1.165, 1.54) is 24.3 Å². The van der Waals surface area contributed by atoms with Crippen molar-refractivity contribution < 1.29 is 14.3 Å². The smallest absolute Gasteiger partial charge is 0.251 e. The van der Waals surface area contributed by atoms with Gasteiger partial charge in [-0.25, -0.2) is 4.39 Å². The summed E-state index contributed by atoms with van der Waals surface area (Å²) < 4.78 is 12.9. The zero-order valence-corrected chi connectivity index (χ0v) is 14.4. The van der Waals surface area contributed by atoms with Crippen LogP contribution in [0.15, 0.2) is 42.5 Å². The molecule has 0 heterocycles. The highest BCUT2D eigenvalue weighted by atomic mass is 35.5. The van der Waals surface area contributed by atoms with Gasteiger partial charge in [0, 0.05) is 17.3 Å². The van der Waals surface area contributed by atoms with Crippen molar-refractivity contribution >= 4 is 24.0 Å². The van der Waals surface area contributed by atoms with Crippen LogP contribution in [0.4, 0.5) is 10.1 Å². The Bertz CT molecular complexity index is 692. The molecular weight excluding hydrogens is 331 g/mol. The Labute approximate surface area is 147 Å². The summed E-state index contributed by atoms with van der Waals surface area (Å²) in [7, 11) is 0. The van der Waals surface area contributed by atoms with Gasteiger partial charge < -0.3 is 16.2 Å². The molecular formula is C18H22ClFN2O2. The van der Waals surface area contributed by atoms with Gasteiger partial charge >= 0.3 is 0 Å². The highest BCUT2D eigenvalue weighted by molar-refractivity contribution is 5.96. The summed E-state index contributed by atoms with van der Waals surface area (Å²) in [5.41, 5.74) is 8.22. The lowest BCUT2D eigenvalue weighted by Crippen LogP contribution is -2.34. The van der Waals surface area contributed by atoms with Gasteiger partial charge in [-0.05, 0) is 55.7 Å². The van der Waals surface area contributed by atoms with Crippen LogP contribution >= 0.6 is 12.4 Å². The molecule has 2 aromatic rings. The lowest BCUT2D eigenvalue weighted by molar-refractivity contribution is 0.0916. The van der Waals surface area contributed by atoms with Gasteiger partial charge in [0.25, 0.3) is 5.91 Å². The van der Waals surface area contributed by atoms with E-state index in [4.69, 9.17) is 5.73 Å². The van der Waals surface area contributed by atoms with Crippen molar-refractivity contribution in [1.82, 2.24) is 5.32 Å². The van der Waals surface area contributed by atoms with E-state index in [9.17, 15) is 14.3 Å². The molecule has 0 bridgehead atoms. The van der Waals surface area contributed by atoms with Gasteiger partial charge in [0.2, 0.25) is 0 Å². The van der Waals surface area contributed by atoms with E-state index in [-0.39, 0.29) is 30.2 Å². The maximum atomic E-state index is 12.9. The van der Waals surface area contributed by atoms with E-state index in [1.807, 2.05) is 13.8 Å². The number of nitrogens with one attached hydrogen (secondary N) is 1. The molecule has 0 aromatic heterocycles. The third-order valence-electron chi connectivity index (χ3n) is 3.72. The first kappa shape index (κ1) is 19.9. The van der Waals surface area contributed by atoms with Crippen molar-refractivity contribution in [3.63, 3.8) is 0 Å². The number of amides is 1. The minimum absolute atomic E-state index is 0. The fourth-order valence-electron chi connectivity index (χ4n) is 2.40. The second-order valence-electron chi connectivity index (χ2n) is 5.75. The number of benzene rings is 2. The van der Waals surface area contributed by atoms with Gasteiger partial charge in [-0.2, -0.15) is 0 Å². The minimum Gasteiger partial charge on any atom is -0.399 e. The largest absolute Gasteiger partial charge is 0.399 e. The van der Waals surface area contributed by atoms with Gasteiger partial charge in [-0.15, -0.1) is 12.4 Å².